The number of nitrogens with zero attached hydrogens (tertiary/aromatic N) is 2. The van der Waals surface area contributed by atoms with Crippen molar-refractivity contribution in [3.8, 4) is 39.1 Å². The summed E-state index contributed by atoms with van der Waals surface area (Å²) in [6, 6.07) is 74.5. The zero-order valence-electron chi connectivity index (χ0n) is 33.5. The third kappa shape index (κ3) is 5.89. The van der Waals surface area contributed by atoms with Gasteiger partial charge in [0.15, 0.2) is 5.58 Å². The van der Waals surface area contributed by atoms with Crippen molar-refractivity contribution in [2.75, 3.05) is 4.90 Å². The van der Waals surface area contributed by atoms with Crippen molar-refractivity contribution in [3.05, 3.63) is 224 Å². The Hall–Kier alpha value is -7.88. The molecule has 0 unspecified atom stereocenters. The Morgan fingerprint density at radius 2 is 1.07 bits per heavy atom. The van der Waals surface area contributed by atoms with Crippen LogP contribution in [-0.4, -0.2) is 4.57 Å². The van der Waals surface area contributed by atoms with Gasteiger partial charge in [-0.15, -0.1) is 0 Å². The van der Waals surface area contributed by atoms with Crippen molar-refractivity contribution in [2.45, 2.75) is 12.8 Å². The van der Waals surface area contributed by atoms with E-state index in [1.54, 1.807) is 0 Å². The molecule has 0 spiro atoms. The number of hydrogen-bond donors (Lipinski definition) is 0. The average molecular weight is 781 g/mol. The first kappa shape index (κ1) is 35.1. The van der Waals surface area contributed by atoms with Gasteiger partial charge in [-0.05, 0) is 106 Å². The summed E-state index contributed by atoms with van der Waals surface area (Å²) in [5, 5.41) is 5.86. The maximum absolute atomic E-state index is 6.72. The normalized spacial score (nSPS) is 12.4. The third-order valence-electron chi connectivity index (χ3n) is 12.5. The summed E-state index contributed by atoms with van der Waals surface area (Å²) < 4.78 is 9.18. The predicted octanol–water partition coefficient (Wildman–Crippen LogP) is 16.1. The topological polar surface area (TPSA) is 21.3 Å². The molecule has 3 nitrogen and oxygen atoms in total. The largest absolute Gasteiger partial charge is 0.454 e. The van der Waals surface area contributed by atoms with Crippen LogP contribution in [0.15, 0.2) is 217 Å². The molecule has 1 aliphatic rings. The van der Waals surface area contributed by atoms with Crippen molar-refractivity contribution in [1.82, 2.24) is 4.57 Å². The first-order valence-electron chi connectivity index (χ1n) is 21.1. The Morgan fingerprint density at radius 1 is 0.443 bits per heavy atom. The maximum Gasteiger partial charge on any atom is 0.159 e. The van der Waals surface area contributed by atoms with Crippen molar-refractivity contribution in [2.24, 2.45) is 0 Å². The van der Waals surface area contributed by atoms with Crippen LogP contribution >= 0.6 is 0 Å². The van der Waals surface area contributed by atoms with Crippen LogP contribution < -0.4 is 4.90 Å². The molecular weight excluding hydrogens is 741 g/mol. The molecule has 0 bridgehead atoms. The molecule has 11 aromatic rings. The van der Waals surface area contributed by atoms with Crippen LogP contribution in [0, 0.1) is 0 Å². The van der Waals surface area contributed by atoms with Gasteiger partial charge in [-0.25, -0.2) is 0 Å². The Kier molecular flexibility index (Phi) is 8.31. The molecule has 3 heteroatoms. The second-order valence-electron chi connectivity index (χ2n) is 16.0. The fourth-order valence-electron chi connectivity index (χ4n) is 9.60. The Labute approximate surface area is 354 Å². The van der Waals surface area contributed by atoms with Crippen LogP contribution in [0.25, 0.3) is 88.8 Å². The van der Waals surface area contributed by atoms with Crippen LogP contribution in [-0.2, 0) is 6.42 Å². The fraction of sp³-hybridized carbons (Fsp3) is 0.0345. The van der Waals surface area contributed by atoms with E-state index in [9.17, 15) is 0 Å². The summed E-state index contributed by atoms with van der Waals surface area (Å²) in [7, 11) is 0. The van der Waals surface area contributed by atoms with E-state index in [1.165, 1.54) is 66.6 Å². The van der Waals surface area contributed by atoms with Gasteiger partial charge < -0.3 is 13.9 Å². The van der Waals surface area contributed by atoms with Gasteiger partial charge in [0.1, 0.15) is 5.58 Å². The SMILES string of the molecule is C1=Cc2c(n(-c3ccccc3)c3ccc(-c4ccc(N(c5ccc(-c6ccc(-c7ccccc7)cc6)cc5)c5cccc6c5oc5ccccc56)c5ccccc45)cc23)CC1. The van der Waals surface area contributed by atoms with E-state index in [0.717, 1.165) is 57.2 Å². The number of benzene rings is 9. The van der Waals surface area contributed by atoms with Crippen LogP contribution in [0.3, 0.4) is 0 Å². The van der Waals surface area contributed by atoms with Crippen LogP contribution in [0.1, 0.15) is 17.7 Å². The number of para-hydroxylation sites is 3. The molecule has 0 N–H and O–H groups in total. The van der Waals surface area contributed by atoms with E-state index in [4.69, 9.17) is 4.42 Å². The monoisotopic (exact) mass is 780 g/mol. The first-order valence-corrected chi connectivity index (χ1v) is 21.1. The zero-order valence-corrected chi connectivity index (χ0v) is 33.5. The molecule has 2 heterocycles. The molecule has 1 aliphatic carbocycles. The van der Waals surface area contributed by atoms with Gasteiger partial charge >= 0.3 is 0 Å². The Morgan fingerprint density at radius 3 is 1.84 bits per heavy atom. The van der Waals surface area contributed by atoms with Gasteiger partial charge in [0, 0.05) is 44.2 Å². The van der Waals surface area contributed by atoms with Gasteiger partial charge in [-0.3, -0.25) is 0 Å². The van der Waals surface area contributed by atoms with Crippen LogP contribution in [0.2, 0.25) is 0 Å². The van der Waals surface area contributed by atoms with Crippen molar-refractivity contribution < 1.29 is 4.42 Å². The van der Waals surface area contributed by atoms with Gasteiger partial charge in [-0.2, -0.15) is 0 Å². The maximum atomic E-state index is 6.72. The molecule has 288 valence electrons. The summed E-state index contributed by atoms with van der Waals surface area (Å²) in [6.45, 7) is 0. The lowest BCUT2D eigenvalue weighted by Gasteiger charge is -2.27. The number of anilines is 3. The smallest absolute Gasteiger partial charge is 0.159 e. The van der Waals surface area contributed by atoms with Gasteiger partial charge in [0.2, 0.25) is 0 Å². The highest BCUT2D eigenvalue weighted by molar-refractivity contribution is 6.13. The summed E-state index contributed by atoms with van der Waals surface area (Å²) in [5.41, 5.74) is 17.2. The molecule has 2 aromatic heterocycles. The van der Waals surface area contributed by atoms with Gasteiger partial charge in [0.05, 0.1) is 16.9 Å². The number of allylic oxidation sites excluding steroid dienone is 1. The van der Waals surface area contributed by atoms with Gasteiger partial charge in [-0.1, -0.05) is 164 Å². The first-order chi connectivity index (χ1) is 30.3. The highest BCUT2D eigenvalue weighted by Gasteiger charge is 2.23. The molecule has 0 aliphatic heterocycles. The lowest BCUT2D eigenvalue weighted by molar-refractivity contribution is 0.669. The van der Waals surface area contributed by atoms with E-state index in [-0.39, 0.29) is 0 Å². The Bertz CT molecular complexity index is 3450. The van der Waals surface area contributed by atoms with Gasteiger partial charge in [0.25, 0.3) is 0 Å². The van der Waals surface area contributed by atoms with E-state index in [1.807, 2.05) is 6.07 Å². The third-order valence-corrected chi connectivity index (χ3v) is 12.5. The minimum absolute atomic E-state index is 0.864. The number of fused-ring (bicyclic) bond motifs is 7. The lowest BCUT2D eigenvalue weighted by atomic mass is 9.94. The number of rotatable bonds is 7. The summed E-state index contributed by atoms with van der Waals surface area (Å²) >= 11 is 0. The Balaban J connectivity index is 1.01. The molecule has 0 radical (unpaired) electrons. The molecule has 0 fully saturated rings. The summed E-state index contributed by atoms with van der Waals surface area (Å²) in [5.74, 6) is 0. The van der Waals surface area contributed by atoms with Crippen LogP contribution in [0.4, 0.5) is 17.1 Å². The molecule has 9 aromatic carbocycles. The van der Waals surface area contributed by atoms with Crippen molar-refractivity contribution >= 4 is 66.8 Å². The molecule has 12 rings (SSSR count). The van der Waals surface area contributed by atoms with E-state index < -0.39 is 0 Å². The number of hydrogen-bond acceptors (Lipinski definition) is 2. The molecule has 0 saturated heterocycles. The van der Waals surface area contributed by atoms with E-state index >= 15 is 0 Å². The number of aromatic nitrogens is 1. The number of furan rings is 1. The van der Waals surface area contributed by atoms with E-state index in [2.05, 4.69) is 222 Å². The predicted molar refractivity (Wildman–Crippen MR) is 256 cm³/mol. The van der Waals surface area contributed by atoms with Crippen molar-refractivity contribution in [1.29, 1.82) is 0 Å². The lowest BCUT2D eigenvalue weighted by Crippen LogP contribution is -2.11. The summed E-state index contributed by atoms with van der Waals surface area (Å²) in [6.07, 6.45) is 6.72. The molecule has 0 atom stereocenters. The highest BCUT2D eigenvalue weighted by atomic mass is 16.3. The van der Waals surface area contributed by atoms with Crippen molar-refractivity contribution in [3.63, 3.8) is 0 Å². The molecule has 0 saturated carbocycles. The quantitative estimate of drug-likeness (QED) is 0.161. The fourth-order valence-corrected chi connectivity index (χ4v) is 9.60. The molecule has 0 amide bonds. The minimum Gasteiger partial charge on any atom is -0.454 e. The molecular formula is C58H40N2O. The second-order valence-corrected chi connectivity index (χ2v) is 16.0. The van der Waals surface area contributed by atoms with Crippen LogP contribution in [0.5, 0.6) is 0 Å². The standard InChI is InChI=1S/C58H40N2O/c1-3-14-39(15-4-1)40-26-28-41(29-27-40)42-30-33-45(34-31-42)60(56-24-13-22-51-50-21-10-12-25-57(50)61-58(51)56)54-37-35-46(47-18-7-8-19-48(47)54)43-32-36-55-52(38-43)49-20-9-11-23-53(49)59(55)44-16-5-2-6-17-44/h1-10,12-22,24-38H,11,23H2. The van der Waals surface area contributed by atoms with E-state index in [0.29, 0.717) is 0 Å². The highest BCUT2D eigenvalue weighted by Crippen LogP contribution is 2.47. The minimum atomic E-state index is 0.864. The zero-order chi connectivity index (χ0) is 40.3. The second kappa shape index (κ2) is 14.4. The molecule has 61 heavy (non-hydrogen) atoms. The summed E-state index contributed by atoms with van der Waals surface area (Å²) in [4.78, 5) is 2.38. The average Bonchev–Trinajstić information content (AvgIpc) is 3.89.